The standard InChI is InChI=1S/C44H25NOS/c1-2-10-31-26(7-1)17-21-34-33-12-6-13-38(44(33)46-43(31)34)45(30-20-24-40-36(25-30)32-11-3-4-14-39(32)47-40)37-23-19-29-16-15-27-8-5-9-28-18-22-35(37)42(29)41(27)28/h1-25H. The van der Waals surface area contributed by atoms with E-state index in [1.165, 1.54) is 57.9 Å². The zero-order valence-corrected chi connectivity index (χ0v) is 26.0. The van der Waals surface area contributed by atoms with Crippen molar-refractivity contribution in [1.29, 1.82) is 0 Å². The van der Waals surface area contributed by atoms with Crippen LogP contribution in [0.2, 0.25) is 0 Å². The maximum atomic E-state index is 6.95. The molecule has 0 unspecified atom stereocenters. The molecule has 3 heteroatoms. The van der Waals surface area contributed by atoms with Gasteiger partial charge in [-0.2, -0.15) is 0 Å². The Morgan fingerprint density at radius 3 is 1.94 bits per heavy atom. The molecule has 0 saturated carbocycles. The van der Waals surface area contributed by atoms with E-state index >= 15 is 0 Å². The predicted octanol–water partition coefficient (Wildman–Crippen LogP) is 13.5. The van der Waals surface area contributed by atoms with E-state index in [-0.39, 0.29) is 0 Å². The average Bonchev–Trinajstić information content (AvgIpc) is 3.70. The number of benzene rings is 9. The molecule has 47 heavy (non-hydrogen) atoms. The lowest BCUT2D eigenvalue weighted by atomic mass is 9.93. The van der Waals surface area contributed by atoms with Crippen LogP contribution in [-0.2, 0) is 0 Å². The summed E-state index contributed by atoms with van der Waals surface area (Å²) < 4.78 is 9.55. The number of anilines is 3. The normalized spacial score (nSPS) is 12.3. The van der Waals surface area contributed by atoms with Crippen molar-refractivity contribution in [2.75, 3.05) is 4.90 Å². The number of para-hydroxylation sites is 1. The van der Waals surface area contributed by atoms with E-state index in [9.17, 15) is 0 Å². The first kappa shape index (κ1) is 25.3. The Balaban J connectivity index is 1.27. The van der Waals surface area contributed by atoms with Gasteiger partial charge in [0.1, 0.15) is 5.58 Å². The van der Waals surface area contributed by atoms with Crippen LogP contribution in [0.3, 0.4) is 0 Å². The molecule has 0 bridgehead atoms. The molecular formula is C44H25NOS. The third-order valence-electron chi connectivity index (χ3n) is 9.97. The van der Waals surface area contributed by atoms with Crippen molar-refractivity contribution in [3.63, 3.8) is 0 Å². The highest BCUT2D eigenvalue weighted by molar-refractivity contribution is 7.25. The molecule has 0 saturated heterocycles. The molecule has 0 amide bonds. The fraction of sp³-hybridized carbons (Fsp3) is 0. The van der Waals surface area contributed by atoms with Crippen molar-refractivity contribution < 1.29 is 4.42 Å². The molecule has 0 aliphatic carbocycles. The topological polar surface area (TPSA) is 16.4 Å². The predicted molar refractivity (Wildman–Crippen MR) is 203 cm³/mol. The summed E-state index contributed by atoms with van der Waals surface area (Å²) in [5.74, 6) is 0. The molecule has 0 N–H and O–H groups in total. The second-order valence-electron chi connectivity index (χ2n) is 12.5. The first-order valence-electron chi connectivity index (χ1n) is 16.0. The van der Waals surface area contributed by atoms with E-state index in [1.807, 2.05) is 11.3 Å². The summed E-state index contributed by atoms with van der Waals surface area (Å²) in [7, 11) is 0. The minimum absolute atomic E-state index is 0.889. The molecule has 0 radical (unpaired) electrons. The molecule has 2 nitrogen and oxygen atoms in total. The van der Waals surface area contributed by atoms with Gasteiger partial charge in [0, 0.05) is 47.4 Å². The Bertz CT molecular complexity index is 3020. The second kappa shape index (κ2) is 9.32. The summed E-state index contributed by atoms with van der Waals surface area (Å²) in [5.41, 5.74) is 5.08. The van der Waals surface area contributed by atoms with Gasteiger partial charge in [-0.3, -0.25) is 0 Å². The molecule has 0 spiro atoms. The van der Waals surface area contributed by atoms with Gasteiger partial charge in [0.05, 0.1) is 11.4 Å². The zero-order valence-electron chi connectivity index (χ0n) is 25.2. The summed E-state index contributed by atoms with van der Waals surface area (Å²) in [6.45, 7) is 0. The van der Waals surface area contributed by atoms with Crippen LogP contribution in [0.5, 0.6) is 0 Å². The number of thiophene rings is 1. The van der Waals surface area contributed by atoms with Gasteiger partial charge in [-0.1, -0.05) is 109 Å². The van der Waals surface area contributed by atoms with Gasteiger partial charge >= 0.3 is 0 Å². The monoisotopic (exact) mass is 615 g/mol. The van der Waals surface area contributed by atoms with Gasteiger partial charge in [0.25, 0.3) is 0 Å². The summed E-state index contributed by atoms with van der Waals surface area (Å²) in [5, 5.41) is 14.7. The molecule has 11 rings (SSSR count). The number of rotatable bonds is 3. The molecule has 0 aliphatic rings. The highest BCUT2D eigenvalue weighted by Crippen LogP contribution is 2.48. The minimum Gasteiger partial charge on any atom is -0.453 e. The van der Waals surface area contributed by atoms with Crippen molar-refractivity contribution in [3.05, 3.63) is 152 Å². The molecule has 0 fully saturated rings. The average molecular weight is 616 g/mol. The largest absolute Gasteiger partial charge is 0.453 e. The molecule has 0 atom stereocenters. The number of furan rings is 1. The smallest absolute Gasteiger partial charge is 0.159 e. The fourth-order valence-electron chi connectivity index (χ4n) is 7.86. The third kappa shape index (κ3) is 3.49. The number of hydrogen-bond donors (Lipinski definition) is 0. The van der Waals surface area contributed by atoms with Gasteiger partial charge in [0.15, 0.2) is 5.58 Å². The Hall–Kier alpha value is -5.90. The number of fused-ring (bicyclic) bond motifs is 8. The number of nitrogens with zero attached hydrogens (tertiary/aromatic N) is 1. The van der Waals surface area contributed by atoms with Crippen molar-refractivity contribution in [2.24, 2.45) is 0 Å². The Morgan fingerprint density at radius 1 is 0.383 bits per heavy atom. The third-order valence-corrected chi connectivity index (χ3v) is 11.1. The van der Waals surface area contributed by atoms with Crippen molar-refractivity contribution in [2.45, 2.75) is 0 Å². The van der Waals surface area contributed by atoms with Crippen molar-refractivity contribution in [1.82, 2.24) is 0 Å². The molecule has 218 valence electrons. The lowest BCUT2D eigenvalue weighted by molar-refractivity contribution is 0.673. The van der Waals surface area contributed by atoms with E-state index in [0.717, 1.165) is 44.4 Å². The van der Waals surface area contributed by atoms with Gasteiger partial charge in [-0.05, 0) is 74.8 Å². The van der Waals surface area contributed by atoms with E-state index in [4.69, 9.17) is 4.42 Å². The Labute approximate surface area is 273 Å². The minimum atomic E-state index is 0.889. The Morgan fingerprint density at radius 2 is 1.02 bits per heavy atom. The maximum absolute atomic E-state index is 6.95. The highest BCUT2D eigenvalue weighted by Gasteiger charge is 2.23. The van der Waals surface area contributed by atoms with Crippen LogP contribution in [0.15, 0.2) is 156 Å². The van der Waals surface area contributed by atoms with Gasteiger partial charge < -0.3 is 9.32 Å². The van der Waals surface area contributed by atoms with Crippen LogP contribution >= 0.6 is 11.3 Å². The van der Waals surface area contributed by atoms with Gasteiger partial charge in [-0.25, -0.2) is 0 Å². The summed E-state index contributed by atoms with van der Waals surface area (Å²) >= 11 is 1.85. The van der Waals surface area contributed by atoms with Crippen LogP contribution in [0, 0.1) is 0 Å². The molecule has 11 aromatic rings. The van der Waals surface area contributed by atoms with Crippen LogP contribution in [-0.4, -0.2) is 0 Å². The van der Waals surface area contributed by atoms with E-state index in [0.29, 0.717) is 0 Å². The quantitative estimate of drug-likeness (QED) is 0.184. The molecule has 2 heterocycles. The van der Waals surface area contributed by atoms with E-state index in [2.05, 4.69) is 157 Å². The SMILES string of the molecule is c1ccc2c(c1)ccc1c3cccc(N(c4ccc5sc6ccccc6c5c4)c4ccc5ccc6cccc7ccc4c5c67)c3oc21. The van der Waals surface area contributed by atoms with Crippen molar-refractivity contribution in [3.8, 4) is 0 Å². The van der Waals surface area contributed by atoms with Crippen LogP contribution in [0.4, 0.5) is 17.1 Å². The van der Waals surface area contributed by atoms with Crippen LogP contribution in [0.1, 0.15) is 0 Å². The first-order valence-corrected chi connectivity index (χ1v) is 16.8. The van der Waals surface area contributed by atoms with Gasteiger partial charge in [0.2, 0.25) is 0 Å². The van der Waals surface area contributed by atoms with E-state index < -0.39 is 0 Å². The fourth-order valence-corrected chi connectivity index (χ4v) is 8.95. The van der Waals surface area contributed by atoms with Crippen LogP contribution < -0.4 is 4.90 Å². The molecule has 0 aliphatic heterocycles. The highest BCUT2D eigenvalue weighted by atomic mass is 32.1. The van der Waals surface area contributed by atoms with Crippen molar-refractivity contribution >= 4 is 114 Å². The first-order chi connectivity index (χ1) is 23.3. The summed E-state index contributed by atoms with van der Waals surface area (Å²) in [6, 6.07) is 55.4. The second-order valence-corrected chi connectivity index (χ2v) is 13.6. The maximum Gasteiger partial charge on any atom is 0.159 e. The molecular weight excluding hydrogens is 591 g/mol. The summed E-state index contributed by atoms with van der Waals surface area (Å²) in [6.07, 6.45) is 0. The van der Waals surface area contributed by atoms with Gasteiger partial charge in [-0.15, -0.1) is 11.3 Å². The van der Waals surface area contributed by atoms with E-state index in [1.54, 1.807) is 0 Å². The number of hydrogen-bond acceptors (Lipinski definition) is 3. The zero-order chi connectivity index (χ0) is 30.6. The van der Waals surface area contributed by atoms with Crippen LogP contribution in [0.25, 0.3) is 85.2 Å². The summed E-state index contributed by atoms with van der Waals surface area (Å²) in [4.78, 5) is 2.42. The lowest BCUT2D eigenvalue weighted by Crippen LogP contribution is -2.11. The molecule has 2 aromatic heterocycles. The lowest BCUT2D eigenvalue weighted by Gasteiger charge is -2.28. The molecule has 9 aromatic carbocycles. The Kier molecular flexibility index (Phi) is 5.02.